The SMILES string of the molecule is CC1CCCCCCC(C2CCCCC(c3cc(-c4ccccc4O)nnc3N)CCCC2)CCCCCC1. The van der Waals surface area contributed by atoms with E-state index >= 15 is 0 Å². The quantitative estimate of drug-likeness (QED) is 0.411. The molecule has 2 aromatic rings. The standard InChI is InChI=1S/C35H55N3O/c1-27-16-6-2-4-8-18-28(19-9-5-3-7-17-27)29-20-10-12-22-30(23-13-11-21-29)32-26-33(37-38-35(32)36)31-24-14-15-25-34(31)39/h14-15,24-30,39H,2-13,16-23H2,1H3,(H2,36,38). The van der Waals surface area contributed by atoms with Gasteiger partial charge in [0.2, 0.25) is 0 Å². The summed E-state index contributed by atoms with van der Waals surface area (Å²) in [4.78, 5) is 0. The van der Waals surface area contributed by atoms with Crippen LogP contribution in [0.25, 0.3) is 11.3 Å². The van der Waals surface area contributed by atoms with Gasteiger partial charge in [0.1, 0.15) is 11.6 Å². The van der Waals surface area contributed by atoms with Crippen LogP contribution in [0.5, 0.6) is 5.75 Å². The van der Waals surface area contributed by atoms with Crippen LogP contribution in [-0.4, -0.2) is 15.3 Å². The molecule has 2 saturated carbocycles. The molecular weight excluding hydrogens is 478 g/mol. The molecule has 39 heavy (non-hydrogen) atoms. The molecule has 1 heterocycles. The molecule has 4 rings (SSSR count). The largest absolute Gasteiger partial charge is 0.507 e. The normalized spacial score (nSPS) is 27.3. The zero-order chi connectivity index (χ0) is 27.3. The molecule has 0 unspecified atom stereocenters. The van der Waals surface area contributed by atoms with E-state index in [0.717, 1.165) is 34.6 Å². The number of benzene rings is 1. The minimum absolute atomic E-state index is 0.242. The molecule has 0 amide bonds. The Kier molecular flexibility index (Phi) is 12.4. The van der Waals surface area contributed by atoms with E-state index in [9.17, 15) is 5.11 Å². The zero-order valence-electron chi connectivity index (χ0n) is 24.8. The molecule has 4 nitrogen and oxygen atoms in total. The zero-order valence-corrected chi connectivity index (χ0v) is 24.8. The topological polar surface area (TPSA) is 72.0 Å². The molecule has 1 aromatic carbocycles. The monoisotopic (exact) mass is 533 g/mol. The van der Waals surface area contributed by atoms with Gasteiger partial charge in [0.25, 0.3) is 0 Å². The predicted molar refractivity (Wildman–Crippen MR) is 165 cm³/mol. The Labute approximate surface area is 238 Å². The second-order valence-electron chi connectivity index (χ2n) is 13.0. The van der Waals surface area contributed by atoms with Crippen LogP contribution in [0, 0.1) is 17.8 Å². The van der Waals surface area contributed by atoms with Crippen molar-refractivity contribution in [3.63, 3.8) is 0 Å². The van der Waals surface area contributed by atoms with Gasteiger partial charge >= 0.3 is 0 Å². The fourth-order valence-electron chi connectivity index (χ4n) is 7.50. The number of nitrogen functional groups attached to an aromatic ring is 1. The van der Waals surface area contributed by atoms with Crippen LogP contribution in [0.1, 0.15) is 147 Å². The first-order chi connectivity index (χ1) is 19.1. The Morgan fingerprint density at radius 3 is 1.69 bits per heavy atom. The molecule has 0 atom stereocenters. The number of anilines is 1. The maximum atomic E-state index is 10.3. The van der Waals surface area contributed by atoms with Gasteiger partial charge < -0.3 is 10.8 Å². The number of nitrogens with two attached hydrogens (primary N) is 1. The van der Waals surface area contributed by atoms with Crippen LogP contribution in [0.3, 0.4) is 0 Å². The van der Waals surface area contributed by atoms with Crippen LogP contribution in [-0.2, 0) is 0 Å². The van der Waals surface area contributed by atoms with Gasteiger partial charge in [-0.3, -0.25) is 0 Å². The van der Waals surface area contributed by atoms with Gasteiger partial charge in [0, 0.05) is 11.1 Å². The number of phenols is 1. The lowest BCUT2D eigenvalue weighted by Gasteiger charge is -2.30. The average Bonchev–Trinajstić information content (AvgIpc) is 2.94. The van der Waals surface area contributed by atoms with Crippen molar-refractivity contribution in [2.45, 2.75) is 141 Å². The average molecular weight is 534 g/mol. The molecule has 4 heteroatoms. The second kappa shape index (κ2) is 16.2. The molecule has 0 radical (unpaired) electrons. The molecule has 216 valence electrons. The lowest BCUT2D eigenvalue weighted by molar-refractivity contribution is 0.230. The first kappa shape index (κ1) is 29.9. The number of nitrogens with zero attached hydrogens (tertiary/aromatic N) is 2. The van der Waals surface area contributed by atoms with E-state index in [1.54, 1.807) is 6.07 Å². The highest BCUT2D eigenvalue weighted by molar-refractivity contribution is 5.67. The Balaban J connectivity index is 1.34. The fraction of sp³-hybridized carbons (Fsp3) is 0.714. The van der Waals surface area contributed by atoms with Crippen molar-refractivity contribution in [2.75, 3.05) is 5.73 Å². The van der Waals surface area contributed by atoms with Crippen LogP contribution >= 0.6 is 0 Å². The predicted octanol–water partition coefficient (Wildman–Crippen LogP) is 10.2. The van der Waals surface area contributed by atoms with Crippen molar-refractivity contribution >= 4 is 5.82 Å². The molecule has 2 aliphatic carbocycles. The summed E-state index contributed by atoms with van der Waals surface area (Å²) < 4.78 is 0. The maximum absolute atomic E-state index is 10.3. The Morgan fingerprint density at radius 2 is 1.13 bits per heavy atom. The third-order valence-corrected chi connectivity index (χ3v) is 9.94. The summed E-state index contributed by atoms with van der Waals surface area (Å²) in [5.41, 5.74) is 8.95. The number of phenolic OH excluding ortho intramolecular Hbond substituents is 1. The Hall–Kier alpha value is -2.10. The first-order valence-corrected chi connectivity index (χ1v) is 16.5. The minimum Gasteiger partial charge on any atom is -0.507 e. The maximum Gasteiger partial charge on any atom is 0.149 e. The molecule has 0 spiro atoms. The van der Waals surface area contributed by atoms with E-state index in [1.165, 1.54) is 128 Å². The third-order valence-electron chi connectivity index (χ3n) is 9.94. The van der Waals surface area contributed by atoms with Crippen molar-refractivity contribution in [1.82, 2.24) is 10.2 Å². The molecule has 0 bridgehead atoms. The van der Waals surface area contributed by atoms with Gasteiger partial charge in [-0.05, 0) is 54.7 Å². The van der Waals surface area contributed by atoms with Gasteiger partial charge in [0.15, 0.2) is 0 Å². The summed E-state index contributed by atoms with van der Waals surface area (Å²) in [5.74, 6) is 4.04. The Morgan fingerprint density at radius 1 is 0.641 bits per heavy atom. The fourth-order valence-corrected chi connectivity index (χ4v) is 7.50. The summed E-state index contributed by atoms with van der Waals surface area (Å²) in [5, 5.41) is 19.0. The highest BCUT2D eigenvalue weighted by Gasteiger charge is 2.24. The highest BCUT2D eigenvalue weighted by Crippen LogP contribution is 2.39. The second-order valence-corrected chi connectivity index (χ2v) is 13.0. The summed E-state index contributed by atoms with van der Waals surface area (Å²) in [7, 11) is 0. The van der Waals surface area contributed by atoms with Crippen LogP contribution < -0.4 is 5.73 Å². The number of para-hydroxylation sites is 1. The Bertz CT molecular complexity index is 948. The third kappa shape index (κ3) is 9.50. The highest BCUT2D eigenvalue weighted by atomic mass is 16.3. The molecule has 2 aliphatic rings. The summed E-state index contributed by atoms with van der Waals surface area (Å²) in [6.45, 7) is 2.47. The van der Waals surface area contributed by atoms with Crippen molar-refractivity contribution in [3.8, 4) is 17.0 Å². The van der Waals surface area contributed by atoms with Crippen molar-refractivity contribution in [1.29, 1.82) is 0 Å². The van der Waals surface area contributed by atoms with E-state index in [-0.39, 0.29) is 5.75 Å². The van der Waals surface area contributed by atoms with Crippen molar-refractivity contribution < 1.29 is 5.11 Å². The first-order valence-electron chi connectivity index (χ1n) is 16.5. The van der Waals surface area contributed by atoms with Crippen molar-refractivity contribution in [2.24, 2.45) is 17.8 Å². The number of aromatic nitrogens is 2. The number of hydrogen-bond donors (Lipinski definition) is 2. The van der Waals surface area contributed by atoms with E-state index in [2.05, 4.69) is 23.2 Å². The minimum atomic E-state index is 0.242. The number of aromatic hydroxyl groups is 1. The van der Waals surface area contributed by atoms with Gasteiger partial charge in [-0.25, -0.2) is 0 Å². The van der Waals surface area contributed by atoms with Crippen LogP contribution in [0.15, 0.2) is 30.3 Å². The smallest absolute Gasteiger partial charge is 0.149 e. The lowest BCUT2D eigenvalue weighted by Crippen LogP contribution is -2.17. The molecule has 3 N–H and O–H groups in total. The summed E-state index contributed by atoms with van der Waals surface area (Å²) in [6, 6.07) is 9.46. The van der Waals surface area contributed by atoms with Crippen LogP contribution in [0.4, 0.5) is 5.82 Å². The van der Waals surface area contributed by atoms with E-state index in [0.29, 0.717) is 11.7 Å². The molecule has 0 saturated heterocycles. The van der Waals surface area contributed by atoms with Gasteiger partial charge in [-0.15, -0.1) is 10.2 Å². The van der Waals surface area contributed by atoms with E-state index in [4.69, 9.17) is 5.73 Å². The van der Waals surface area contributed by atoms with Gasteiger partial charge in [-0.1, -0.05) is 135 Å². The van der Waals surface area contributed by atoms with Crippen molar-refractivity contribution in [3.05, 3.63) is 35.9 Å². The molecule has 1 aromatic heterocycles. The number of hydrogen-bond acceptors (Lipinski definition) is 4. The van der Waals surface area contributed by atoms with Gasteiger partial charge in [-0.2, -0.15) is 0 Å². The summed E-state index contributed by atoms with van der Waals surface area (Å²) >= 11 is 0. The molecule has 2 fully saturated rings. The molecule has 0 aliphatic heterocycles. The lowest BCUT2D eigenvalue weighted by atomic mass is 9.76. The van der Waals surface area contributed by atoms with Crippen LogP contribution in [0.2, 0.25) is 0 Å². The number of rotatable bonds is 3. The molecular formula is C35H55N3O. The van der Waals surface area contributed by atoms with E-state index < -0.39 is 0 Å². The van der Waals surface area contributed by atoms with Gasteiger partial charge in [0.05, 0.1) is 5.69 Å². The summed E-state index contributed by atoms with van der Waals surface area (Å²) in [6.07, 6.45) is 27.8. The van der Waals surface area contributed by atoms with E-state index in [1.807, 2.05) is 18.2 Å².